The lowest BCUT2D eigenvalue weighted by Crippen LogP contribution is -2.46. The molecule has 2 atom stereocenters. The van der Waals surface area contributed by atoms with Gasteiger partial charge in [0.15, 0.2) is 0 Å². The quantitative estimate of drug-likeness (QED) is 0.324. The summed E-state index contributed by atoms with van der Waals surface area (Å²) in [4.78, 5) is 36.8. The lowest BCUT2D eigenvalue weighted by molar-refractivity contribution is -0.144. The molecule has 21 heavy (non-hydrogen) atoms. The summed E-state index contributed by atoms with van der Waals surface area (Å²) >= 11 is 0. The summed E-state index contributed by atoms with van der Waals surface area (Å²) < 4.78 is 5.26. The van der Waals surface area contributed by atoms with E-state index >= 15 is 0 Å². The molecular weight excluding hydrogens is 278 g/mol. The van der Waals surface area contributed by atoms with Crippen molar-refractivity contribution in [2.24, 2.45) is 0 Å². The van der Waals surface area contributed by atoms with E-state index in [0.717, 1.165) is 6.42 Å². The predicted octanol–water partition coefficient (Wildman–Crippen LogP) is 0.411. The number of nitrogens with zero attached hydrogens (tertiary/aromatic N) is 2. The average molecular weight is 299 g/mol. The number of rotatable bonds is 11. The Balaban J connectivity index is 4.60. The van der Waals surface area contributed by atoms with Crippen LogP contribution in [0.3, 0.4) is 0 Å². The Morgan fingerprint density at radius 2 is 2.00 bits per heavy atom. The van der Waals surface area contributed by atoms with Crippen molar-refractivity contribution in [3.8, 4) is 0 Å². The summed E-state index contributed by atoms with van der Waals surface area (Å²) in [7, 11) is 0. The molecule has 0 unspecified atom stereocenters. The van der Waals surface area contributed by atoms with E-state index in [0.29, 0.717) is 19.2 Å². The molecule has 0 heterocycles. The number of Topliss-reactive ketones (excluding diaryl/α,β-unsaturated/α-hetero) is 1. The standard InChI is InChI=1S/C13H21N3O5/c1-3-5-11(21-4-2)12(18)16-10(13(19)20)7-6-9(17)8-15-14/h8,10-11H,3-7H2,1-2H3,(H,16,18)(H,19,20)/t10-,11-/m0/s1. The number of carbonyl (C=O) groups excluding carboxylic acids is 2. The molecule has 0 aromatic rings. The molecule has 0 aromatic heterocycles. The number of carbonyl (C=O) groups is 3. The van der Waals surface area contributed by atoms with Gasteiger partial charge in [0.1, 0.15) is 12.1 Å². The van der Waals surface area contributed by atoms with Crippen molar-refractivity contribution >= 4 is 23.9 Å². The molecule has 118 valence electrons. The number of amides is 1. The first-order chi connectivity index (χ1) is 9.96. The molecule has 0 saturated heterocycles. The number of nitrogens with one attached hydrogen (secondary N) is 1. The second kappa shape index (κ2) is 10.7. The van der Waals surface area contributed by atoms with Crippen molar-refractivity contribution in [2.75, 3.05) is 6.61 Å². The minimum atomic E-state index is -1.23. The Bertz CT molecular complexity index is 412. The molecule has 1 amide bonds. The first-order valence-corrected chi connectivity index (χ1v) is 6.81. The van der Waals surface area contributed by atoms with Crippen molar-refractivity contribution in [3.63, 3.8) is 0 Å². The van der Waals surface area contributed by atoms with Gasteiger partial charge in [0, 0.05) is 13.0 Å². The highest BCUT2D eigenvalue weighted by molar-refractivity contribution is 6.25. The monoisotopic (exact) mass is 299 g/mol. The van der Waals surface area contributed by atoms with Crippen LogP contribution < -0.4 is 5.32 Å². The van der Waals surface area contributed by atoms with Crippen LogP contribution >= 0.6 is 0 Å². The van der Waals surface area contributed by atoms with Crippen molar-refractivity contribution in [1.82, 2.24) is 5.32 Å². The molecular formula is C13H21N3O5. The van der Waals surface area contributed by atoms with Crippen LogP contribution in [0, 0.1) is 0 Å². The highest BCUT2D eigenvalue weighted by atomic mass is 16.5. The van der Waals surface area contributed by atoms with E-state index in [1.165, 1.54) is 0 Å². The van der Waals surface area contributed by atoms with E-state index in [4.69, 9.17) is 15.4 Å². The van der Waals surface area contributed by atoms with Crippen LogP contribution in [0.5, 0.6) is 0 Å². The normalized spacial score (nSPS) is 12.9. The van der Waals surface area contributed by atoms with E-state index in [9.17, 15) is 14.4 Å². The zero-order valence-corrected chi connectivity index (χ0v) is 12.2. The van der Waals surface area contributed by atoms with Gasteiger partial charge in [0.05, 0.1) is 0 Å². The first kappa shape index (κ1) is 18.9. The van der Waals surface area contributed by atoms with Crippen molar-refractivity contribution in [2.45, 2.75) is 51.7 Å². The fourth-order valence-electron chi connectivity index (χ4n) is 1.69. The highest BCUT2D eigenvalue weighted by Crippen LogP contribution is 2.05. The molecule has 2 N–H and O–H groups in total. The molecule has 0 aliphatic rings. The summed E-state index contributed by atoms with van der Waals surface area (Å²) in [6.07, 6.45) is 0.978. The first-order valence-electron chi connectivity index (χ1n) is 6.81. The summed E-state index contributed by atoms with van der Waals surface area (Å²) in [6, 6.07) is -1.19. The molecule has 0 bridgehead atoms. The maximum atomic E-state index is 12.0. The van der Waals surface area contributed by atoms with Crippen LogP contribution in [0.25, 0.3) is 5.53 Å². The van der Waals surface area contributed by atoms with Gasteiger partial charge >= 0.3 is 12.2 Å². The summed E-state index contributed by atoms with van der Waals surface area (Å²) in [5.41, 5.74) is 8.19. The summed E-state index contributed by atoms with van der Waals surface area (Å²) in [5.74, 6) is -2.26. The minimum absolute atomic E-state index is 0.0864. The van der Waals surface area contributed by atoms with Gasteiger partial charge in [-0.15, -0.1) is 0 Å². The average Bonchev–Trinajstić information content (AvgIpc) is 2.42. The van der Waals surface area contributed by atoms with Crippen LogP contribution in [-0.4, -0.2) is 52.5 Å². The van der Waals surface area contributed by atoms with Gasteiger partial charge < -0.3 is 20.7 Å². The van der Waals surface area contributed by atoms with Gasteiger partial charge in [-0.2, -0.15) is 4.79 Å². The molecule has 0 saturated carbocycles. The van der Waals surface area contributed by atoms with Gasteiger partial charge in [0.2, 0.25) is 11.7 Å². The van der Waals surface area contributed by atoms with Crippen LogP contribution in [0.2, 0.25) is 0 Å². The van der Waals surface area contributed by atoms with Gasteiger partial charge in [-0.25, -0.2) is 4.79 Å². The number of aliphatic carboxylic acids is 1. The molecule has 0 aromatic carbocycles. The second-order valence-electron chi connectivity index (χ2n) is 4.38. The third-order valence-electron chi connectivity index (χ3n) is 2.71. The van der Waals surface area contributed by atoms with Crippen LogP contribution in [0.4, 0.5) is 0 Å². The number of carboxylic acids is 1. The van der Waals surface area contributed by atoms with Gasteiger partial charge in [-0.1, -0.05) is 13.3 Å². The SMILES string of the molecule is CCC[C@H](OCC)C(=O)N[C@@H](CCC(=O)C=[N+]=[N-])C(=O)O. The minimum Gasteiger partial charge on any atom is -0.480 e. The van der Waals surface area contributed by atoms with Gasteiger partial charge in [-0.3, -0.25) is 9.59 Å². The van der Waals surface area contributed by atoms with Gasteiger partial charge in [-0.05, 0) is 19.8 Å². The largest absolute Gasteiger partial charge is 0.480 e. The number of ether oxygens (including phenoxy) is 1. The van der Waals surface area contributed by atoms with Crippen molar-refractivity contribution in [3.05, 3.63) is 5.53 Å². The van der Waals surface area contributed by atoms with Crippen LogP contribution in [-0.2, 0) is 19.1 Å². The van der Waals surface area contributed by atoms with E-state index in [1.54, 1.807) is 6.92 Å². The molecule has 0 radical (unpaired) electrons. The fraction of sp³-hybridized carbons (Fsp3) is 0.692. The van der Waals surface area contributed by atoms with Gasteiger partial charge in [0.25, 0.3) is 0 Å². The maximum Gasteiger partial charge on any atom is 0.326 e. The number of ketones is 1. The zero-order chi connectivity index (χ0) is 16.3. The predicted molar refractivity (Wildman–Crippen MR) is 73.8 cm³/mol. The smallest absolute Gasteiger partial charge is 0.326 e. The zero-order valence-electron chi connectivity index (χ0n) is 12.2. The maximum absolute atomic E-state index is 12.0. The molecule has 0 fully saturated rings. The van der Waals surface area contributed by atoms with Crippen LogP contribution in [0.15, 0.2) is 0 Å². The lowest BCUT2D eigenvalue weighted by Gasteiger charge is -2.19. The molecule has 0 aliphatic carbocycles. The third kappa shape index (κ3) is 7.96. The number of hydrogen-bond acceptors (Lipinski definition) is 4. The Morgan fingerprint density at radius 1 is 1.33 bits per heavy atom. The second-order valence-corrected chi connectivity index (χ2v) is 4.38. The third-order valence-corrected chi connectivity index (χ3v) is 2.71. The number of hydrogen-bond donors (Lipinski definition) is 2. The summed E-state index contributed by atoms with van der Waals surface area (Å²) in [6.45, 7) is 3.99. The lowest BCUT2D eigenvalue weighted by atomic mass is 10.1. The molecule has 8 heteroatoms. The molecule has 0 spiro atoms. The Morgan fingerprint density at radius 3 is 2.48 bits per heavy atom. The Labute approximate surface area is 123 Å². The topological polar surface area (TPSA) is 129 Å². The van der Waals surface area contributed by atoms with Crippen LogP contribution in [0.1, 0.15) is 39.5 Å². The van der Waals surface area contributed by atoms with E-state index in [1.807, 2.05) is 6.92 Å². The van der Waals surface area contributed by atoms with E-state index in [-0.39, 0.29) is 12.8 Å². The van der Waals surface area contributed by atoms with Crippen molar-refractivity contribution in [1.29, 1.82) is 0 Å². The molecule has 8 nitrogen and oxygen atoms in total. The molecule has 0 rings (SSSR count). The fourth-order valence-corrected chi connectivity index (χ4v) is 1.69. The highest BCUT2D eigenvalue weighted by Gasteiger charge is 2.25. The number of carboxylic acid groups (broad SMARTS) is 1. The van der Waals surface area contributed by atoms with E-state index in [2.05, 4.69) is 10.1 Å². The molecule has 0 aliphatic heterocycles. The Kier molecular flexibility index (Phi) is 9.66. The Hall–Kier alpha value is -2.05. The van der Waals surface area contributed by atoms with Crippen molar-refractivity contribution < 1.29 is 29.0 Å². The van der Waals surface area contributed by atoms with E-state index < -0.39 is 29.8 Å². The summed E-state index contributed by atoms with van der Waals surface area (Å²) in [5, 5.41) is 11.4.